The molecule has 0 saturated heterocycles. The van der Waals surface area contributed by atoms with E-state index in [0.29, 0.717) is 5.69 Å². The minimum atomic E-state index is -0.499. The van der Waals surface area contributed by atoms with E-state index >= 15 is 0 Å². The van der Waals surface area contributed by atoms with Gasteiger partial charge in [0.1, 0.15) is 10.7 Å². The molecule has 1 aromatic carbocycles. The molecule has 2 N–H and O–H groups in total. The maximum absolute atomic E-state index is 9.45. The van der Waals surface area contributed by atoms with E-state index in [1.54, 1.807) is 20.3 Å². The lowest BCUT2D eigenvalue weighted by atomic mass is 10.2. The number of phenols is 2. The van der Waals surface area contributed by atoms with Crippen LogP contribution in [-0.2, 0) is 9.47 Å². The molecule has 0 bridgehead atoms. The van der Waals surface area contributed by atoms with E-state index in [2.05, 4.69) is 4.98 Å². The fraction of sp³-hybridized carbons (Fsp3) is 0.250. The van der Waals surface area contributed by atoms with Crippen molar-refractivity contribution in [2.75, 3.05) is 14.2 Å². The summed E-state index contributed by atoms with van der Waals surface area (Å²) >= 11 is 1.41. The lowest BCUT2D eigenvalue weighted by Gasteiger charge is -2.09. The zero-order chi connectivity index (χ0) is 13.1. The summed E-state index contributed by atoms with van der Waals surface area (Å²) in [5.74, 6) is -0.318. The van der Waals surface area contributed by atoms with Crippen LogP contribution < -0.4 is 0 Å². The molecule has 0 spiro atoms. The third kappa shape index (κ3) is 2.45. The van der Waals surface area contributed by atoms with Crippen molar-refractivity contribution in [3.05, 3.63) is 29.3 Å². The van der Waals surface area contributed by atoms with Crippen LogP contribution in [-0.4, -0.2) is 29.4 Å². The molecule has 1 aromatic heterocycles. The molecule has 0 aliphatic carbocycles. The highest BCUT2D eigenvalue weighted by molar-refractivity contribution is 7.13. The first kappa shape index (κ1) is 12.8. The monoisotopic (exact) mass is 267 g/mol. The Hall–Kier alpha value is -1.63. The molecule has 1 heterocycles. The average Bonchev–Trinajstić information content (AvgIpc) is 2.84. The summed E-state index contributed by atoms with van der Waals surface area (Å²) < 4.78 is 10.2. The second-order valence-corrected chi connectivity index (χ2v) is 4.44. The Morgan fingerprint density at radius 2 is 1.89 bits per heavy atom. The van der Waals surface area contributed by atoms with E-state index in [-0.39, 0.29) is 11.5 Å². The molecule has 0 unspecified atom stereocenters. The lowest BCUT2D eigenvalue weighted by Crippen LogP contribution is -2.03. The van der Waals surface area contributed by atoms with Crippen molar-refractivity contribution in [1.29, 1.82) is 0 Å². The highest BCUT2D eigenvalue weighted by Crippen LogP contribution is 2.33. The van der Waals surface area contributed by atoms with Crippen molar-refractivity contribution in [3.63, 3.8) is 0 Å². The van der Waals surface area contributed by atoms with Crippen molar-refractivity contribution >= 4 is 11.3 Å². The van der Waals surface area contributed by atoms with E-state index in [9.17, 15) is 10.2 Å². The molecular formula is C12H13NO4S. The third-order valence-corrected chi connectivity index (χ3v) is 3.32. The van der Waals surface area contributed by atoms with E-state index in [4.69, 9.17) is 9.47 Å². The van der Waals surface area contributed by atoms with Gasteiger partial charge < -0.3 is 19.7 Å². The summed E-state index contributed by atoms with van der Waals surface area (Å²) in [5, 5.41) is 21.3. The molecular weight excluding hydrogens is 254 g/mol. The lowest BCUT2D eigenvalue weighted by molar-refractivity contribution is -0.108. The predicted octanol–water partition coefficient (Wildman–Crippen LogP) is 2.51. The number of thiazole rings is 1. The average molecular weight is 267 g/mol. The molecule has 0 radical (unpaired) electrons. The first-order chi connectivity index (χ1) is 8.65. The Morgan fingerprint density at radius 1 is 1.17 bits per heavy atom. The summed E-state index contributed by atoms with van der Waals surface area (Å²) in [6.45, 7) is 0. The van der Waals surface area contributed by atoms with Crippen molar-refractivity contribution in [2.45, 2.75) is 6.29 Å². The van der Waals surface area contributed by atoms with Gasteiger partial charge in [0.15, 0.2) is 11.5 Å². The minimum absolute atomic E-state index is 0.151. The molecule has 0 amide bonds. The SMILES string of the molecule is COC(OC)c1csc(-c2ccc(O)c(O)c2)n1. The fourth-order valence-corrected chi connectivity index (χ4v) is 2.34. The Labute approximate surface area is 108 Å². The van der Waals surface area contributed by atoms with Crippen LogP contribution in [0.25, 0.3) is 10.6 Å². The van der Waals surface area contributed by atoms with Crippen LogP contribution in [0.15, 0.2) is 23.6 Å². The Balaban J connectivity index is 2.31. The third-order valence-electron chi connectivity index (χ3n) is 2.41. The molecule has 0 atom stereocenters. The molecule has 18 heavy (non-hydrogen) atoms. The zero-order valence-corrected chi connectivity index (χ0v) is 10.8. The number of hydrogen-bond donors (Lipinski definition) is 2. The van der Waals surface area contributed by atoms with Crippen molar-refractivity contribution in [3.8, 4) is 22.1 Å². The van der Waals surface area contributed by atoms with Crippen LogP contribution in [0.1, 0.15) is 12.0 Å². The topological polar surface area (TPSA) is 71.8 Å². The second kappa shape index (κ2) is 5.34. The number of benzene rings is 1. The van der Waals surface area contributed by atoms with Gasteiger partial charge in [-0.2, -0.15) is 0 Å². The number of methoxy groups -OCH3 is 2. The Bertz CT molecular complexity index is 537. The summed E-state index contributed by atoms with van der Waals surface area (Å²) in [7, 11) is 3.08. The van der Waals surface area contributed by atoms with Gasteiger partial charge in [-0.1, -0.05) is 0 Å². The van der Waals surface area contributed by atoms with Crippen LogP contribution in [0.3, 0.4) is 0 Å². The maximum atomic E-state index is 9.45. The van der Waals surface area contributed by atoms with Crippen LogP contribution >= 0.6 is 11.3 Å². The number of aromatic nitrogens is 1. The van der Waals surface area contributed by atoms with Gasteiger partial charge in [-0.25, -0.2) is 4.98 Å². The molecule has 0 aliphatic heterocycles. The van der Waals surface area contributed by atoms with Crippen LogP contribution in [0.2, 0.25) is 0 Å². The zero-order valence-electron chi connectivity index (χ0n) is 9.95. The highest BCUT2D eigenvalue weighted by Gasteiger charge is 2.14. The largest absolute Gasteiger partial charge is 0.504 e. The summed E-state index contributed by atoms with van der Waals surface area (Å²) in [4.78, 5) is 4.37. The Morgan fingerprint density at radius 3 is 2.50 bits per heavy atom. The normalized spacial score (nSPS) is 11.1. The molecule has 2 aromatic rings. The van der Waals surface area contributed by atoms with Crippen LogP contribution in [0.5, 0.6) is 11.5 Å². The van der Waals surface area contributed by atoms with Gasteiger partial charge in [-0.3, -0.25) is 0 Å². The minimum Gasteiger partial charge on any atom is -0.504 e. The molecule has 5 nitrogen and oxygen atoms in total. The first-order valence-electron chi connectivity index (χ1n) is 5.19. The van der Waals surface area contributed by atoms with E-state index in [1.165, 1.54) is 23.5 Å². The molecule has 2 rings (SSSR count). The van der Waals surface area contributed by atoms with Crippen molar-refractivity contribution < 1.29 is 19.7 Å². The maximum Gasteiger partial charge on any atom is 0.201 e. The Kier molecular flexibility index (Phi) is 3.81. The summed E-state index contributed by atoms with van der Waals surface area (Å²) in [6, 6.07) is 4.58. The second-order valence-electron chi connectivity index (χ2n) is 3.58. The van der Waals surface area contributed by atoms with Crippen molar-refractivity contribution in [1.82, 2.24) is 4.98 Å². The van der Waals surface area contributed by atoms with Crippen molar-refractivity contribution in [2.24, 2.45) is 0 Å². The number of phenolic OH excluding ortho intramolecular Hbond substituents is 2. The van der Waals surface area contributed by atoms with Gasteiger partial charge in [0.2, 0.25) is 6.29 Å². The number of ether oxygens (including phenoxy) is 2. The highest BCUT2D eigenvalue weighted by atomic mass is 32.1. The standard InChI is InChI=1S/C12H13NO4S/c1-16-12(17-2)8-6-18-11(13-8)7-3-4-9(14)10(15)5-7/h3-6,12,14-15H,1-2H3. The molecule has 6 heteroatoms. The van der Waals surface area contributed by atoms with Crippen LogP contribution in [0, 0.1) is 0 Å². The quantitative estimate of drug-likeness (QED) is 0.658. The van der Waals surface area contributed by atoms with Gasteiger partial charge in [0, 0.05) is 25.2 Å². The van der Waals surface area contributed by atoms with Gasteiger partial charge in [0.05, 0.1) is 0 Å². The molecule has 0 saturated carbocycles. The molecule has 0 fully saturated rings. The smallest absolute Gasteiger partial charge is 0.201 e. The van der Waals surface area contributed by atoms with E-state index in [1.807, 2.05) is 5.38 Å². The van der Waals surface area contributed by atoms with Gasteiger partial charge in [0.25, 0.3) is 0 Å². The fourth-order valence-electron chi connectivity index (χ4n) is 1.52. The number of nitrogens with zero attached hydrogens (tertiary/aromatic N) is 1. The van der Waals surface area contributed by atoms with Crippen LogP contribution in [0.4, 0.5) is 0 Å². The molecule has 0 aliphatic rings. The molecule has 96 valence electrons. The van der Waals surface area contributed by atoms with E-state index in [0.717, 1.165) is 10.6 Å². The summed E-state index contributed by atoms with van der Waals surface area (Å²) in [6.07, 6.45) is -0.499. The first-order valence-corrected chi connectivity index (χ1v) is 6.07. The van der Waals surface area contributed by atoms with E-state index < -0.39 is 6.29 Å². The van der Waals surface area contributed by atoms with Gasteiger partial charge >= 0.3 is 0 Å². The number of hydrogen-bond acceptors (Lipinski definition) is 6. The van der Waals surface area contributed by atoms with Gasteiger partial charge in [-0.15, -0.1) is 11.3 Å². The summed E-state index contributed by atoms with van der Waals surface area (Å²) in [5.41, 5.74) is 1.40. The van der Waals surface area contributed by atoms with Gasteiger partial charge in [-0.05, 0) is 18.2 Å². The predicted molar refractivity (Wildman–Crippen MR) is 67.6 cm³/mol. The number of aromatic hydroxyl groups is 2. The number of rotatable bonds is 4.